The van der Waals surface area contributed by atoms with Crippen molar-refractivity contribution in [1.29, 1.82) is 0 Å². The molecule has 0 heterocycles. The maximum atomic E-state index is 12.4. The van der Waals surface area contributed by atoms with E-state index in [9.17, 15) is 13.2 Å². The molecule has 1 aromatic rings. The van der Waals surface area contributed by atoms with Crippen molar-refractivity contribution in [3.8, 4) is 0 Å². The van der Waals surface area contributed by atoms with Gasteiger partial charge in [-0.2, -0.15) is 13.2 Å². The second-order valence-corrected chi connectivity index (χ2v) is 5.92. The first-order valence-corrected chi connectivity index (χ1v) is 6.40. The van der Waals surface area contributed by atoms with Crippen molar-refractivity contribution < 1.29 is 13.2 Å². The van der Waals surface area contributed by atoms with E-state index in [1.807, 2.05) is 0 Å². The van der Waals surface area contributed by atoms with Crippen LogP contribution in [0.1, 0.15) is 31.9 Å². The normalized spacial score (nSPS) is 14.6. The highest BCUT2D eigenvalue weighted by Crippen LogP contribution is 2.32. The summed E-state index contributed by atoms with van der Waals surface area (Å²) >= 11 is 5.93. The standard InChI is InChI=1S/C14H18ClF3/c1-13(2,3)12(9-15)8-10-4-6-11(7-5-10)14(16,17)18/h4-7,12H,8-9H2,1-3H3. The van der Waals surface area contributed by atoms with Crippen LogP contribution < -0.4 is 0 Å². The molecule has 1 aromatic carbocycles. The smallest absolute Gasteiger partial charge is 0.166 e. The zero-order chi connectivity index (χ0) is 14.0. The van der Waals surface area contributed by atoms with Gasteiger partial charge < -0.3 is 0 Å². The molecule has 0 fully saturated rings. The molecule has 0 bridgehead atoms. The molecular formula is C14H18ClF3. The van der Waals surface area contributed by atoms with Crippen molar-refractivity contribution in [3.63, 3.8) is 0 Å². The second kappa shape index (κ2) is 5.52. The summed E-state index contributed by atoms with van der Waals surface area (Å²) in [5, 5.41) is 0. The molecule has 0 aliphatic heterocycles. The summed E-state index contributed by atoms with van der Waals surface area (Å²) in [6, 6.07) is 5.33. The fraction of sp³-hybridized carbons (Fsp3) is 0.571. The lowest BCUT2D eigenvalue weighted by molar-refractivity contribution is -0.137. The number of benzene rings is 1. The molecular weight excluding hydrogens is 261 g/mol. The molecule has 0 amide bonds. The highest BCUT2D eigenvalue weighted by atomic mass is 35.5. The lowest BCUT2D eigenvalue weighted by Crippen LogP contribution is -2.24. The lowest BCUT2D eigenvalue weighted by Gasteiger charge is -2.29. The maximum Gasteiger partial charge on any atom is 0.416 e. The fourth-order valence-corrected chi connectivity index (χ4v) is 2.28. The monoisotopic (exact) mass is 278 g/mol. The highest BCUT2D eigenvalue weighted by Gasteiger charge is 2.30. The molecule has 18 heavy (non-hydrogen) atoms. The van der Waals surface area contributed by atoms with E-state index in [4.69, 9.17) is 11.6 Å². The third-order valence-electron chi connectivity index (χ3n) is 3.17. The van der Waals surface area contributed by atoms with Crippen molar-refractivity contribution >= 4 is 11.6 Å². The summed E-state index contributed by atoms with van der Waals surface area (Å²) in [6.07, 6.45) is -3.57. The Hall–Kier alpha value is -0.700. The van der Waals surface area contributed by atoms with Crippen LogP contribution in [-0.4, -0.2) is 5.88 Å². The summed E-state index contributed by atoms with van der Waals surface area (Å²) < 4.78 is 37.2. The van der Waals surface area contributed by atoms with Gasteiger partial charge in [0.2, 0.25) is 0 Å². The lowest BCUT2D eigenvalue weighted by atomic mass is 9.78. The molecule has 102 valence electrons. The highest BCUT2D eigenvalue weighted by molar-refractivity contribution is 6.18. The van der Waals surface area contributed by atoms with E-state index in [2.05, 4.69) is 20.8 Å². The van der Waals surface area contributed by atoms with Gasteiger partial charge in [0.15, 0.2) is 0 Å². The second-order valence-electron chi connectivity index (χ2n) is 5.62. The summed E-state index contributed by atoms with van der Waals surface area (Å²) in [6.45, 7) is 6.26. The van der Waals surface area contributed by atoms with E-state index in [1.54, 1.807) is 0 Å². The topological polar surface area (TPSA) is 0 Å². The van der Waals surface area contributed by atoms with Gasteiger partial charge in [-0.15, -0.1) is 11.6 Å². The first kappa shape index (κ1) is 15.4. The van der Waals surface area contributed by atoms with E-state index in [0.29, 0.717) is 12.3 Å². The van der Waals surface area contributed by atoms with Crippen LogP contribution >= 0.6 is 11.6 Å². The summed E-state index contributed by atoms with van der Waals surface area (Å²) in [5.41, 5.74) is 0.331. The van der Waals surface area contributed by atoms with Crippen molar-refractivity contribution in [1.82, 2.24) is 0 Å². The molecule has 0 aromatic heterocycles. The maximum absolute atomic E-state index is 12.4. The van der Waals surface area contributed by atoms with E-state index in [0.717, 1.165) is 17.7 Å². The molecule has 0 radical (unpaired) electrons. The molecule has 0 aliphatic rings. The zero-order valence-electron chi connectivity index (χ0n) is 10.8. The average molecular weight is 279 g/mol. The quantitative estimate of drug-likeness (QED) is 0.671. The first-order valence-electron chi connectivity index (χ1n) is 5.86. The Bertz CT molecular complexity index is 374. The van der Waals surface area contributed by atoms with E-state index < -0.39 is 11.7 Å². The minimum atomic E-state index is -4.27. The van der Waals surface area contributed by atoms with Gasteiger partial charge in [-0.1, -0.05) is 32.9 Å². The summed E-state index contributed by atoms with van der Waals surface area (Å²) in [7, 11) is 0. The van der Waals surface area contributed by atoms with E-state index in [1.165, 1.54) is 12.1 Å². The molecule has 0 aliphatic carbocycles. The van der Waals surface area contributed by atoms with Crippen LogP contribution in [-0.2, 0) is 12.6 Å². The van der Waals surface area contributed by atoms with E-state index >= 15 is 0 Å². The van der Waals surface area contributed by atoms with Gasteiger partial charge in [-0.05, 0) is 35.4 Å². The van der Waals surface area contributed by atoms with Crippen LogP contribution in [0.2, 0.25) is 0 Å². The first-order chi connectivity index (χ1) is 8.14. The zero-order valence-corrected chi connectivity index (χ0v) is 11.6. The fourth-order valence-electron chi connectivity index (χ4n) is 1.71. The summed E-state index contributed by atoms with van der Waals surface area (Å²) in [5.74, 6) is 0.751. The number of alkyl halides is 4. The Labute approximate surface area is 111 Å². The third kappa shape index (κ3) is 4.20. The molecule has 1 atom stereocenters. The van der Waals surface area contributed by atoms with Gasteiger partial charge in [0.1, 0.15) is 0 Å². The third-order valence-corrected chi connectivity index (χ3v) is 3.55. The average Bonchev–Trinajstić information content (AvgIpc) is 2.23. The largest absolute Gasteiger partial charge is 0.416 e. The van der Waals surface area contributed by atoms with Crippen LogP contribution in [0, 0.1) is 11.3 Å². The number of hydrogen-bond acceptors (Lipinski definition) is 0. The Balaban J connectivity index is 2.81. The molecule has 0 N–H and O–H groups in total. The van der Waals surface area contributed by atoms with Crippen molar-refractivity contribution in [2.24, 2.45) is 11.3 Å². The minimum absolute atomic E-state index is 0.0461. The molecule has 1 rings (SSSR count). The summed E-state index contributed by atoms with van der Waals surface area (Å²) in [4.78, 5) is 0. The molecule has 0 spiro atoms. The Kier molecular flexibility index (Phi) is 4.71. The molecule has 1 unspecified atom stereocenters. The van der Waals surface area contributed by atoms with Crippen LogP contribution in [0.25, 0.3) is 0 Å². The minimum Gasteiger partial charge on any atom is -0.166 e. The number of rotatable bonds is 3. The Morgan fingerprint density at radius 1 is 1.06 bits per heavy atom. The van der Waals surface area contributed by atoms with Crippen LogP contribution in [0.5, 0.6) is 0 Å². The molecule has 0 nitrogen and oxygen atoms in total. The number of halogens is 4. The van der Waals surface area contributed by atoms with Gasteiger partial charge in [-0.25, -0.2) is 0 Å². The van der Waals surface area contributed by atoms with Crippen molar-refractivity contribution in [2.75, 3.05) is 5.88 Å². The van der Waals surface area contributed by atoms with Gasteiger partial charge in [0.05, 0.1) is 5.56 Å². The van der Waals surface area contributed by atoms with E-state index in [-0.39, 0.29) is 11.3 Å². The Morgan fingerprint density at radius 3 is 1.89 bits per heavy atom. The van der Waals surface area contributed by atoms with Crippen LogP contribution in [0.3, 0.4) is 0 Å². The molecule has 4 heteroatoms. The SMILES string of the molecule is CC(C)(C)C(CCl)Cc1ccc(C(F)(F)F)cc1. The predicted molar refractivity (Wildman–Crippen MR) is 68.8 cm³/mol. The van der Waals surface area contributed by atoms with Gasteiger partial charge >= 0.3 is 6.18 Å². The van der Waals surface area contributed by atoms with Crippen LogP contribution in [0.4, 0.5) is 13.2 Å². The van der Waals surface area contributed by atoms with Gasteiger partial charge in [-0.3, -0.25) is 0 Å². The Morgan fingerprint density at radius 2 is 1.56 bits per heavy atom. The molecule has 0 saturated heterocycles. The predicted octanol–water partition coefficient (Wildman–Crippen LogP) is 5.15. The van der Waals surface area contributed by atoms with Gasteiger partial charge in [0.25, 0.3) is 0 Å². The molecule has 0 saturated carbocycles. The van der Waals surface area contributed by atoms with Gasteiger partial charge in [0, 0.05) is 5.88 Å². The van der Waals surface area contributed by atoms with Crippen molar-refractivity contribution in [3.05, 3.63) is 35.4 Å². The van der Waals surface area contributed by atoms with Crippen LogP contribution in [0.15, 0.2) is 24.3 Å². The van der Waals surface area contributed by atoms with Crippen molar-refractivity contribution in [2.45, 2.75) is 33.4 Å². The number of hydrogen-bond donors (Lipinski definition) is 0.